The molecule has 22 heavy (non-hydrogen) atoms. The molecule has 3 aliphatic carbocycles. The largest absolute Gasteiger partial charge is 0.353 e. The van der Waals surface area contributed by atoms with Crippen LogP contribution in [0.15, 0.2) is 4.52 Å². The van der Waals surface area contributed by atoms with Crippen molar-refractivity contribution in [3.63, 3.8) is 0 Å². The highest BCUT2D eigenvalue weighted by atomic mass is 16.5. The molecule has 4 rings (SSSR count). The molecular weight excluding hydrogens is 278 g/mol. The van der Waals surface area contributed by atoms with Crippen LogP contribution in [0.3, 0.4) is 0 Å². The summed E-state index contributed by atoms with van der Waals surface area (Å²) in [6.45, 7) is 0. The molecule has 0 aliphatic heterocycles. The minimum absolute atomic E-state index is 0.132. The summed E-state index contributed by atoms with van der Waals surface area (Å²) < 4.78 is 5.22. The van der Waals surface area contributed by atoms with E-state index in [-0.39, 0.29) is 5.91 Å². The van der Waals surface area contributed by atoms with Crippen LogP contribution in [0.1, 0.15) is 75.4 Å². The van der Waals surface area contributed by atoms with Crippen molar-refractivity contribution in [3.8, 4) is 0 Å². The zero-order valence-corrected chi connectivity index (χ0v) is 13.1. The van der Waals surface area contributed by atoms with E-state index < -0.39 is 0 Å². The van der Waals surface area contributed by atoms with Gasteiger partial charge in [-0.05, 0) is 50.4 Å². The second kappa shape index (κ2) is 6.01. The molecule has 3 aliphatic rings. The van der Waals surface area contributed by atoms with E-state index in [2.05, 4.69) is 15.5 Å². The standard InChI is InChI=1S/C17H25N3O2/c21-15(8-9-16-19-17(20-22-16)12-6-7-12)18-14-3-1-2-13(10-14)11-4-5-11/h11-14H,1-10H2,(H,18,21). The van der Waals surface area contributed by atoms with Crippen LogP contribution < -0.4 is 5.32 Å². The minimum atomic E-state index is 0.132. The number of carbonyl (C=O) groups excluding carboxylic acids is 1. The number of hydrogen-bond donors (Lipinski definition) is 1. The van der Waals surface area contributed by atoms with Crippen LogP contribution in [-0.2, 0) is 11.2 Å². The van der Waals surface area contributed by atoms with Gasteiger partial charge in [-0.3, -0.25) is 4.79 Å². The lowest BCUT2D eigenvalue weighted by atomic mass is 9.82. The first-order valence-electron chi connectivity index (χ1n) is 8.90. The van der Waals surface area contributed by atoms with Crippen LogP contribution in [0.25, 0.3) is 0 Å². The molecule has 2 unspecified atom stereocenters. The Hall–Kier alpha value is -1.39. The van der Waals surface area contributed by atoms with E-state index in [9.17, 15) is 4.79 Å². The monoisotopic (exact) mass is 303 g/mol. The molecule has 1 heterocycles. The number of carbonyl (C=O) groups is 1. The van der Waals surface area contributed by atoms with E-state index >= 15 is 0 Å². The molecular formula is C17H25N3O2. The van der Waals surface area contributed by atoms with Gasteiger partial charge in [-0.25, -0.2) is 0 Å². The quantitative estimate of drug-likeness (QED) is 0.877. The summed E-state index contributed by atoms with van der Waals surface area (Å²) in [4.78, 5) is 16.5. The number of aromatic nitrogens is 2. The number of nitrogens with one attached hydrogen (secondary N) is 1. The zero-order chi connectivity index (χ0) is 14.9. The number of nitrogens with zero attached hydrogens (tertiary/aromatic N) is 2. The second-order valence-corrected chi connectivity index (χ2v) is 7.35. The lowest BCUT2D eigenvalue weighted by Gasteiger charge is -2.29. The first-order chi connectivity index (χ1) is 10.8. The fraction of sp³-hybridized carbons (Fsp3) is 0.824. The van der Waals surface area contributed by atoms with Gasteiger partial charge in [0, 0.05) is 24.8 Å². The molecule has 3 fully saturated rings. The predicted octanol–water partition coefficient (Wildman–Crippen LogP) is 2.96. The maximum absolute atomic E-state index is 12.1. The van der Waals surface area contributed by atoms with Crippen molar-refractivity contribution in [2.75, 3.05) is 0 Å². The van der Waals surface area contributed by atoms with Crippen LogP contribution in [0.5, 0.6) is 0 Å². The van der Waals surface area contributed by atoms with E-state index in [4.69, 9.17) is 4.52 Å². The van der Waals surface area contributed by atoms with Gasteiger partial charge in [0.05, 0.1) is 0 Å². The first-order valence-corrected chi connectivity index (χ1v) is 8.90. The third-order valence-corrected chi connectivity index (χ3v) is 5.36. The first kappa shape index (κ1) is 14.2. The molecule has 1 N–H and O–H groups in total. The smallest absolute Gasteiger partial charge is 0.227 e. The van der Waals surface area contributed by atoms with E-state index in [0.717, 1.165) is 24.1 Å². The van der Waals surface area contributed by atoms with Crippen molar-refractivity contribution in [2.45, 2.75) is 76.2 Å². The summed E-state index contributed by atoms with van der Waals surface area (Å²) in [6.07, 6.45) is 11.1. The Kier molecular flexibility index (Phi) is 3.89. The highest BCUT2D eigenvalue weighted by Gasteiger charge is 2.35. The highest BCUT2D eigenvalue weighted by molar-refractivity contribution is 5.76. The number of hydrogen-bond acceptors (Lipinski definition) is 4. The Bertz CT molecular complexity index is 534. The van der Waals surface area contributed by atoms with Crippen molar-refractivity contribution in [2.24, 2.45) is 11.8 Å². The Morgan fingerprint density at radius 3 is 2.77 bits per heavy atom. The number of aryl methyl sites for hydroxylation is 1. The van der Waals surface area contributed by atoms with E-state index in [0.29, 0.717) is 30.7 Å². The van der Waals surface area contributed by atoms with Gasteiger partial charge in [-0.2, -0.15) is 4.98 Å². The lowest BCUT2D eigenvalue weighted by Crippen LogP contribution is -2.38. The van der Waals surface area contributed by atoms with Gasteiger partial charge in [0.1, 0.15) is 0 Å². The van der Waals surface area contributed by atoms with Gasteiger partial charge in [-0.1, -0.05) is 18.0 Å². The molecule has 0 spiro atoms. The molecule has 1 aromatic rings. The Morgan fingerprint density at radius 2 is 2.00 bits per heavy atom. The lowest BCUT2D eigenvalue weighted by molar-refractivity contribution is -0.122. The molecule has 120 valence electrons. The van der Waals surface area contributed by atoms with Crippen molar-refractivity contribution in [1.29, 1.82) is 0 Å². The fourth-order valence-electron chi connectivity index (χ4n) is 3.75. The van der Waals surface area contributed by atoms with Gasteiger partial charge in [0.2, 0.25) is 11.8 Å². The van der Waals surface area contributed by atoms with Gasteiger partial charge in [-0.15, -0.1) is 0 Å². The molecule has 1 aromatic heterocycles. The molecule has 0 bridgehead atoms. The van der Waals surface area contributed by atoms with Gasteiger partial charge in [0.15, 0.2) is 5.82 Å². The normalized spacial score (nSPS) is 28.5. The van der Waals surface area contributed by atoms with Gasteiger partial charge in [0.25, 0.3) is 0 Å². The highest BCUT2D eigenvalue weighted by Crippen LogP contribution is 2.43. The van der Waals surface area contributed by atoms with Crippen LogP contribution in [-0.4, -0.2) is 22.1 Å². The van der Waals surface area contributed by atoms with Crippen molar-refractivity contribution in [1.82, 2.24) is 15.5 Å². The molecule has 1 amide bonds. The van der Waals surface area contributed by atoms with Gasteiger partial charge >= 0.3 is 0 Å². The average molecular weight is 303 g/mol. The summed E-state index contributed by atoms with van der Waals surface area (Å²) in [7, 11) is 0. The van der Waals surface area contributed by atoms with E-state index in [1.807, 2.05) is 0 Å². The third-order valence-electron chi connectivity index (χ3n) is 5.36. The van der Waals surface area contributed by atoms with Crippen LogP contribution in [0, 0.1) is 11.8 Å². The molecule has 3 saturated carbocycles. The molecule has 5 nitrogen and oxygen atoms in total. The number of rotatable bonds is 6. The van der Waals surface area contributed by atoms with Crippen LogP contribution in [0.4, 0.5) is 0 Å². The second-order valence-electron chi connectivity index (χ2n) is 7.35. The molecule has 2 atom stereocenters. The predicted molar refractivity (Wildman–Crippen MR) is 81.2 cm³/mol. The topological polar surface area (TPSA) is 68.0 Å². The third kappa shape index (κ3) is 3.50. The van der Waals surface area contributed by atoms with Gasteiger partial charge < -0.3 is 9.84 Å². The molecule has 5 heteroatoms. The Labute approximate surface area is 131 Å². The molecule has 0 radical (unpaired) electrons. The summed E-state index contributed by atoms with van der Waals surface area (Å²) in [5.41, 5.74) is 0. The maximum atomic E-state index is 12.1. The Morgan fingerprint density at radius 1 is 1.14 bits per heavy atom. The Balaban J connectivity index is 1.21. The summed E-state index contributed by atoms with van der Waals surface area (Å²) in [5.74, 6) is 3.89. The van der Waals surface area contributed by atoms with Crippen molar-refractivity contribution >= 4 is 5.91 Å². The van der Waals surface area contributed by atoms with E-state index in [1.54, 1.807) is 0 Å². The fourth-order valence-corrected chi connectivity index (χ4v) is 3.75. The maximum Gasteiger partial charge on any atom is 0.227 e. The summed E-state index contributed by atoms with van der Waals surface area (Å²) in [6, 6.07) is 0.386. The molecule has 0 aromatic carbocycles. The number of amides is 1. The zero-order valence-electron chi connectivity index (χ0n) is 13.1. The van der Waals surface area contributed by atoms with Crippen molar-refractivity contribution < 1.29 is 9.32 Å². The van der Waals surface area contributed by atoms with E-state index in [1.165, 1.54) is 44.9 Å². The summed E-state index contributed by atoms with van der Waals surface area (Å²) in [5, 5.41) is 7.21. The van der Waals surface area contributed by atoms with Crippen LogP contribution >= 0.6 is 0 Å². The SMILES string of the molecule is O=C(CCc1nc(C2CC2)no1)NC1CCCC(C2CC2)C1. The average Bonchev–Trinajstić information content (AvgIpc) is 3.44. The summed E-state index contributed by atoms with van der Waals surface area (Å²) >= 11 is 0. The minimum Gasteiger partial charge on any atom is -0.353 e. The van der Waals surface area contributed by atoms with Crippen molar-refractivity contribution in [3.05, 3.63) is 11.7 Å². The molecule has 0 saturated heterocycles. The van der Waals surface area contributed by atoms with Crippen LogP contribution in [0.2, 0.25) is 0 Å².